The van der Waals surface area contributed by atoms with Gasteiger partial charge in [-0.05, 0) is 85.3 Å². The smallest absolute Gasteiger partial charge is 0.494 e. The number of ether oxygens (including phenoxy) is 6. The van der Waals surface area contributed by atoms with Crippen molar-refractivity contribution in [2.24, 2.45) is 29.6 Å². The summed E-state index contributed by atoms with van der Waals surface area (Å²) in [7, 11) is 5.18. The first-order valence-corrected chi connectivity index (χ1v) is 21.7. The SMILES string of the molecule is CCCCCOc1ccc(-c2cn([C@H]3[C@H](N(C)C)[C@@H](O)[C@H](O[C@@H]4[C@@H](C)C(=O)[C@@H](C)C(=O)CC(CC)[C@@]5(C)OC(=O)O[C@@H]5[C@@H](C)C(=O)[C@H](C)C[C@@]4(C)OC)O[C@@H]3C)nn2)cc1. The summed E-state index contributed by atoms with van der Waals surface area (Å²) in [5.41, 5.74) is -1.07. The second-order valence-corrected chi connectivity index (χ2v) is 17.9. The number of likely N-dealkylation sites (N-methyl/N-ethyl adjacent to an activating group) is 1. The molecule has 2 saturated heterocycles. The lowest BCUT2D eigenvalue weighted by Crippen LogP contribution is -2.62. The molecule has 2 aliphatic heterocycles. The molecule has 1 aromatic carbocycles. The standard InChI is InChI=1S/C45H68N4O11/c1-13-15-16-21-56-32-19-17-30(18-20-32)33-24-49(47-46-33)35-29(7)57-42(39(53)36(35)48(10)11)58-40-28(6)38(52)26(4)34(50)22-31(14-2)45(9)41(59-43(54)60-45)27(5)37(51)25(3)23-44(40,8)55-12/h17-20,24-29,31,35-36,39-42,53H,13-16,21-23H2,1-12H3/t25-,26+,27+,28+,29-,31?,35-,36+,39-,40-,41-,42+,44-,45-/m1/s1. The van der Waals surface area contributed by atoms with Gasteiger partial charge in [-0.3, -0.25) is 14.4 Å². The lowest BCUT2D eigenvalue weighted by atomic mass is 9.70. The highest BCUT2D eigenvalue weighted by molar-refractivity contribution is 6.03. The summed E-state index contributed by atoms with van der Waals surface area (Å²) >= 11 is 0. The molecule has 1 aromatic heterocycles. The maximum Gasteiger partial charge on any atom is 0.509 e. The third-order valence-corrected chi connectivity index (χ3v) is 13.5. The maximum absolute atomic E-state index is 14.4. The van der Waals surface area contributed by atoms with Crippen LogP contribution in [0.5, 0.6) is 5.75 Å². The minimum atomic E-state index is -1.30. The highest BCUT2D eigenvalue weighted by Crippen LogP contribution is 2.44. The first kappa shape index (κ1) is 47.3. The van der Waals surface area contributed by atoms with Crippen molar-refractivity contribution in [1.29, 1.82) is 0 Å². The van der Waals surface area contributed by atoms with Gasteiger partial charge in [-0.2, -0.15) is 0 Å². The van der Waals surface area contributed by atoms with Gasteiger partial charge in [0.05, 0.1) is 54.5 Å². The number of ketones is 3. The Morgan fingerprint density at radius 3 is 2.27 bits per heavy atom. The number of hydrogen-bond acceptors (Lipinski definition) is 14. The van der Waals surface area contributed by atoms with Gasteiger partial charge in [0.25, 0.3) is 0 Å². The van der Waals surface area contributed by atoms with Crippen molar-refractivity contribution < 1.29 is 52.7 Å². The van der Waals surface area contributed by atoms with E-state index in [9.17, 15) is 24.3 Å². The van der Waals surface area contributed by atoms with E-state index in [4.69, 9.17) is 28.4 Å². The van der Waals surface area contributed by atoms with E-state index in [0.717, 1.165) is 30.6 Å². The first-order chi connectivity index (χ1) is 28.3. The van der Waals surface area contributed by atoms with Gasteiger partial charge in [0.2, 0.25) is 0 Å². The van der Waals surface area contributed by atoms with Crippen LogP contribution in [0.4, 0.5) is 4.79 Å². The maximum atomic E-state index is 14.4. The molecule has 0 bridgehead atoms. The molecule has 1 aliphatic carbocycles. The normalized spacial score (nSPS) is 37.0. The molecular weight excluding hydrogens is 773 g/mol. The van der Waals surface area contributed by atoms with E-state index in [-0.39, 0.29) is 30.2 Å². The third kappa shape index (κ3) is 9.65. The van der Waals surface area contributed by atoms with E-state index in [1.54, 1.807) is 46.2 Å². The number of carbonyl (C=O) groups excluding carboxylic acids is 4. The van der Waals surface area contributed by atoms with Crippen LogP contribution in [0, 0.1) is 29.6 Å². The number of aromatic nitrogens is 3. The molecule has 3 heterocycles. The number of methoxy groups -OCH3 is 1. The predicted molar refractivity (Wildman–Crippen MR) is 222 cm³/mol. The highest BCUT2D eigenvalue weighted by Gasteiger charge is 2.58. The molecule has 14 atom stereocenters. The van der Waals surface area contributed by atoms with Gasteiger partial charge in [-0.25, -0.2) is 9.48 Å². The summed E-state index contributed by atoms with van der Waals surface area (Å²) in [6.07, 6.45) is -0.466. The van der Waals surface area contributed by atoms with Crippen molar-refractivity contribution in [3.05, 3.63) is 30.5 Å². The van der Waals surface area contributed by atoms with Gasteiger partial charge < -0.3 is 38.4 Å². The van der Waals surface area contributed by atoms with Crippen LogP contribution < -0.4 is 4.74 Å². The summed E-state index contributed by atoms with van der Waals surface area (Å²) in [6, 6.07) is 6.61. The quantitative estimate of drug-likeness (QED) is 0.144. The number of hydrogen-bond donors (Lipinski definition) is 1. The Balaban J connectivity index is 1.43. The number of unbranched alkanes of at least 4 members (excludes halogenated alkanes) is 2. The molecular formula is C45H68N4O11. The van der Waals surface area contributed by atoms with Crippen LogP contribution in [0.2, 0.25) is 0 Å². The highest BCUT2D eigenvalue weighted by atomic mass is 16.8. The average molecular weight is 841 g/mol. The van der Waals surface area contributed by atoms with Gasteiger partial charge in [0.15, 0.2) is 18.0 Å². The Bertz CT molecular complexity index is 1800. The Kier molecular flexibility index (Phi) is 15.4. The van der Waals surface area contributed by atoms with Gasteiger partial charge >= 0.3 is 6.16 Å². The predicted octanol–water partition coefficient (Wildman–Crippen LogP) is 6.25. The molecule has 15 nitrogen and oxygen atoms in total. The largest absolute Gasteiger partial charge is 0.509 e. The van der Waals surface area contributed by atoms with E-state index in [1.807, 2.05) is 63.3 Å². The van der Waals surface area contributed by atoms with Crippen LogP contribution in [0.25, 0.3) is 11.3 Å². The van der Waals surface area contributed by atoms with Crippen LogP contribution >= 0.6 is 0 Å². The third-order valence-electron chi connectivity index (χ3n) is 13.5. The van der Waals surface area contributed by atoms with E-state index in [0.29, 0.717) is 18.7 Å². The Morgan fingerprint density at radius 2 is 1.65 bits per heavy atom. The molecule has 1 N–H and O–H groups in total. The van der Waals surface area contributed by atoms with Crippen LogP contribution in [0.3, 0.4) is 0 Å². The number of benzene rings is 1. The molecule has 15 heteroatoms. The van der Waals surface area contributed by atoms with E-state index < -0.39 is 89.7 Å². The molecule has 334 valence electrons. The monoisotopic (exact) mass is 840 g/mol. The van der Waals surface area contributed by atoms with Crippen molar-refractivity contribution in [2.75, 3.05) is 27.8 Å². The molecule has 0 radical (unpaired) electrons. The Hall–Kier alpha value is -3.76. The molecule has 5 rings (SSSR count). The van der Waals surface area contributed by atoms with Crippen molar-refractivity contribution in [2.45, 2.75) is 155 Å². The molecule has 1 saturated carbocycles. The summed E-state index contributed by atoms with van der Waals surface area (Å²) in [5.74, 6) is -4.08. The minimum Gasteiger partial charge on any atom is -0.494 e. The van der Waals surface area contributed by atoms with Crippen LogP contribution in [0.15, 0.2) is 30.5 Å². The molecule has 3 aliphatic rings. The number of rotatable bonds is 12. The molecule has 1 unspecified atom stereocenters. The van der Waals surface area contributed by atoms with Gasteiger partial charge in [-0.15, -0.1) is 5.10 Å². The Labute approximate surface area is 355 Å². The second-order valence-electron chi connectivity index (χ2n) is 17.9. The summed E-state index contributed by atoms with van der Waals surface area (Å²) in [6.45, 7) is 16.8. The van der Waals surface area contributed by atoms with E-state index in [1.165, 1.54) is 7.11 Å². The molecule has 60 heavy (non-hydrogen) atoms. The number of aliphatic hydroxyl groups excluding tert-OH is 1. The second kappa shape index (κ2) is 19.5. The van der Waals surface area contributed by atoms with Gasteiger partial charge in [-0.1, -0.05) is 52.7 Å². The van der Waals surface area contributed by atoms with Crippen molar-refractivity contribution >= 4 is 23.5 Å². The summed E-state index contributed by atoms with van der Waals surface area (Å²) < 4.78 is 38.4. The van der Waals surface area contributed by atoms with Gasteiger partial charge in [0.1, 0.15) is 34.9 Å². The summed E-state index contributed by atoms with van der Waals surface area (Å²) in [4.78, 5) is 57.1. The number of carbonyl (C=O) groups is 4. The topological polar surface area (TPSA) is 178 Å². The molecule has 2 aromatic rings. The van der Waals surface area contributed by atoms with Crippen molar-refractivity contribution in [1.82, 2.24) is 19.9 Å². The van der Waals surface area contributed by atoms with E-state index >= 15 is 0 Å². The van der Waals surface area contributed by atoms with Crippen molar-refractivity contribution in [3.8, 4) is 17.0 Å². The van der Waals surface area contributed by atoms with Crippen molar-refractivity contribution in [3.63, 3.8) is 0 Å². The molecule has 0 spiro atoms. The van der Waals surface area contributed by atoms with Crippen LogP contribution in [-0.2, 0) is 38.1 Å². The molecule has 3 fully saturated rings. The average Bonchev–Trinajstić information content (AvgIpc) is 3.83. The first-order valence-electron chi connectivity index (χ1n) is 21.7. The fraction of sp³-hybridized carbons (Fsp3) is 0.733. The van der Waals surface area contributed by atoms with E-state index in [2.05, 4.69) is 17.2 Å². The molecule has 0 amide bonds. The fourth-order valence-electron chi connectivity index (χ4n) is 9.75. The zero-order valence-electron chi connectivity index (χ0n) is 37.6. The number of fused-ring (bicyclic) bond motifs is 1. The lowest BCUT2D eigenvalue weighted by Gasteiger charge is -2.49. The zero-order chi connectivity index (χ0) is 44.3. The number of Topliss-reactive ketones (excluding diaryl/α,β-unsaturated/α-hetero) is 3. The number of aliphatic hydroxyl groups is 1. The fourth-order valence-corrected chi connectivity index (χ4v) is 9.75. The number of nitrogens with zero attached hydrogens (tertiary/aromatic N) is 4. The lowest BCUT2D eigenvalue weighted by molar-refractivity contribution is -0.305. The summed E-state index contributed by atoms with van der Waals surface area (Å²) in [5, 5.41) is 21.1. The van der Waals surface area contributed by atoms with Gasteiger partial charge in [0, 0.05) is 36.8 Å². The Morgan fingerprint density at radius 1 is 0.967 bits per heavy atom. The zero-order valence-corrected chi connectivity index (χ0v) is 37.6. The van der Waals surface area contributed by atoms with Crippen LogP contribution in [0.1, 0.15) is 107 Å². The minimum absolute atomic E-state index is 0.0694. The van der Waals surface area contributed by atoms with Crippen LogP contribution in [-0.4, -0.2) is 124 Å².